The molecule has 0 saturated carbocycles. The third kappa shape index (κ3) is 5.61. The summed E-state index contributed by atoms with van der Waals surface area (Å²) in [7, 11) is -3.91. The van der Waals surface area contributed by atoms with Crippen LogP contribution in [0.2, 0.25) is 15.1 Å². The van der Waals surface area contributed by atoms with Gasteiger partial charge in [0.1, 0.15) is 5.78 Å². The number of anilines is 1. The van der Waals surface area contributed by atoms with Crippen LogP contribution in [0.4, 0.5) is 5.69 Å². The smallest absolute Gasteiger partial charge is 0.264 e. The summed E-state index contributed by atoms with van der Waals surface area (Å²) in [6.07, 6.45) is 1.46. The van der Waals surface area contributed by atoms with E-state index < -0.39 is 16.1 Å². The summed E-state index contributed by atoms with van der Waals surface area (Å²) in [5, 5.41) is 1.09. The number of sulfonamides is 1. The number of rotatable bonds is 8. The molecule has 0 spiro atoms. The summed E-state index contributed by atoms with van der Waals surface area (Å²) >= 11 is 18.3. The van der Waals surface area contributed by atoms with Gasteiger partial charge < -0.3 is 4.79 Å². The molecule has 0 aromatic heterocycles. The lowest BCUT2D eigenvalue weighted by Crippen LogP contribution is -2.39. The second-order valence-corrected chi connectivity index (χ2v) is 9.39. The van der Waals surface area contributed by atoms with Crippen LogP contribution in [0.5, 0.6) is 0 Å². The van der Waals surface area contributed by atoms with Gasteiger partial charge in [-0.3, -0.25) is 4.31 Å². The normalized spacial score (nSPS) is 12.6. The number of Topliss-reactive ketones (excluding diaryl/α,β-unsaturated/α-hetero) is 1. The molecule has 146 valence electrons. The average molecular weight is 449 g/mol. The third-order valence-corrected chi connectivity index (χ3v) is 6.82. The number of hydrogen-bond acceptors (Lipinski definition) is 3. The van der Waals surface area contributed by atoms with E-state index >= 15 is 0 Å². The maximum Gasteiger partial charge on any atom is 0.264 e. The Kier molecular flexibility index (Phi) is 7.57. The number of carbonyl (C=O) groups excluding carboxylic acids is 1. The van der Waals surface area contributed by atoms with Crippen LogP contribution in [0.1, 0.15) is 33.1 Å². The first kappa shape index (κ1) is 22.0. The average Bonchev–Trinajstić information content (AvgIpc) is 2.58. The van der Waals surface area contributed by atoms with Crippen LogP contribution >= 0.6 is 34.8 Å². The molecule has 0 amide bonds. The monoisotopic (exact) mass is 447 g/mol. The van der Waals surface area contributed by atoms with E-state index in [2.05, 4.69) is 0 Å². The Labute approximate surface area is 175 Å². The Morgan fingerprint density at radius 1 is 1.04 bits per heavy atom. The maximum absolute atomic E-state index is 13.4. The summed E-state index contributed by atoms with van der Waals surface area (Å²) in [4.78, 5) is 11.3. The number of hydrogen-bond donors (Lipinski definition) is 0. The van der Waals surface area contributed by atoms with E-state index in [1.807, 2.05) is 0 Å². The molecule has 1 atom stereocenters. The van der Waals surface area contributed by atoms with Crippen LogP contribution in [0.15, 0.2) is 47.4 Å². The summed E-state index contributed by atoms with van der Waals surface area (Å²) in [5.41, 5.74) is 0.300. The van der Waals surface area contributed by atoms with Crippen LogP contribution in [0.25, 0.3) is 0 Å². The molecule has 27 heavy (non-hydrogen) atoms. The predicted octanol–water partition coefficient (Wildman–Crippen LogP) is 5.99. The van der Waals surface area contributed by atoms with Crippen molar-refractivity contribution in [2.45, 2.75) is 44.0 Å². The Morgan fingerprint density at radius 2 is 1.63 bits per heavy atom. The van der Waals surface area contributed by atoms with Gasteiger partial charge in [0.15, 0.2) is 0 Å². The number of carbonyl (C=O) groups is 1. The molecular formula is C19H20Cl3NO3S. The maximum atomic E-state index is 13.4. The number of ketones is 1. The molecule has 2 aromatic carbocycles. The van der Waals surface area contributed by atoms with Crippen molar-refractivity contribution in [3.63, 3.8) is 0 Å². The van der Waals surface area contributed by atoms with E-state index in [1.165, 1.54) is 41.6 Å². The molecule has 4 nitrogen and oxygen atoms in total. The molecule has 0 heterocycles. The highest BCUT2D eigenvalue weighted by atomic mass is 35.5. The van der Waals surface area contributed by atoms with Crippen molar-refractivity contribution in [1.82, 2.24) is 0 Å². The standard InChI is InChI=1S/C19H20Cl3NO3S/c1-13(4-3-5-14(2)24)23(19-12-16(21)8-11-18(19)22)27(25,26)17-9-6-15(20)7-10-17/h6-13H,3-5H2,1-2H3/t13-/m1/s1. The highest BCUT2D eigenvalue weighted by Crippen LogP contribution is 2.35. The minimum Gasteiger partial charge on any atom is -0.300 e. The first-order chi connectivity index (χ1) is 12.6. The molecule has 0 unspecified atom stereocenters. The summed E-state index contributed by atoms with van der Waals surface area (Å²) in [6.45, 7) is 3.30. The second-order valence-electron chi connectivity index (χ2n) is 6.29. The van der Waals surface area contributed by atoms with Gasteiger partial charge in [0.25, 0.3) is 10.0 Å². The molecule has 2 aromatic rings. The van der Waals surface area contributed by atoms with Gasteiger partial charge in [0, 0.05) is 22.5 Å². The molecule has 2 rings (SSSR count). The fraction of sp³-hybridized carbons (Fsp3) is 0.316. The van der Waals surface area contributed by atoms with Gasteiger partial charge in [-0.2, -0.15) is 0 Å². The van der Waals surface area contributed by atoms with Gasteiger partial charge in [-0.15, -0.1) is 0 Å². The Bertz CT molecular complexity index is 914. The molecule has 0 radical (unpaired) electrons. The molecule has 0 N–H and O–H groups in total. The molecule has 0 aliphatic rings. The van der Waals surface area contributed by atoms with Crippen LogP contribution in [-0.2, 0) is 14.8 Å². The Balaban J connectivity index is 2.50. The highest BCUT2D eigenvalue weighted by molar-refractivity contribution is 7.92. The van der Waals surface area contributed by atoms with E-state index in [0.717, 1.165) is 0 Å². The zero-order chi connectivity index (χ0) is 20.2. The summed E-state index contributed by atoms with van der Waals surface area (Å²) in [6, 6.07) is 10.2. The van der Waals surface area contributed by atoms with Crippen molar-refractivity contribution in [2.24, 2.45) is 0 Å². The minimum absolute atomic E-state index is 0.0649. The predicted molar refractivity (Wildman–Crippen MR) is 112 cm³/mol. The fourth-order valence-corrected chi connectivity index (χ4v) is 4.99. The van der Waals surface area contributed by atoms with Crippen molar-refractivity contribution in [3.8, 4) is 0 Å². The van der Waals surface area contributed by atoms with Crippen molar-refractivity contribution < 1.29 is 13.2 Å². The van der Waals surface area contributed by atoms with E-state index in [-0.39, 0.29) is 15.7 Å². The minimum atomic E-state index is -3.91. The first-order valence-electron chi connectivity index (χ1n) is 8.37. The number of nitrogens with zero attached hydrogens (tertiary/aromatic N) is 1. The fourth-order valence-electron chi connectivity index (χ4n) is 2.74. The molecular weight excluding hydrogens is 429 g/mol. The van der Waals surface area contributed by atoms with Crippen LogP contribution < -0.4 is 4.31 Å². The summed E-state index contributed by atoms with van der Waals surface area (Å²) < 4.78 is 28.0. The lowest BCUT2D eigenvalue weighted by molar-refractivity contribution is -0.117. The first-order valence-corrected chi connectivity index (χ1v) is 10.9. The zero-order valence-corrected chi connectivity index (χ0v) is 18.0. The van der Waals surface area contributed by atoms with Gasteiger partial charge in [-0.1, -0.05) is 34.8 Å². The molecule has 8 heteroatoms. The van der Waals surface area contributed by atoms with Gasteiger partial charge in [0.2, 0.25) is 0 Å². The molecule has 0 aliphatic carbocycles. The second kappa shape index (κ2) is 9.28. The number of halogens is 3. The largest absolute Gasteiger partial charge is 0.300 e. The molecule has 0 aliphatic heterocycles. The summed E-state index contributed by atoms with van der Waals surface area (Å²) in [5.74, 6) is 0.0649. The number of benzene rings is 2. The van der Waals surface area contributed by atoms with E-state index in [0.29, 0.717) is 35.0 Å². The van der Waals surface area contributed by atoms with E-state index in [4.69, 9.17) is 34.8 Å². The molecule has 0 fully saturated rings. The van der Waals surface area contributed by atoms with Crippen LogP contribution in [-0.4, -0.2) is 20.2 Å². The van der Waals surface area contributed by atoms with Crippen LogP contribution in [0, 0.1) is 0 Å². The topological polar surface area (TPSA) is 54.5 Å². The lowest BCUT2D eigenvalue weighted by Gasteiger charge is -2.31. The SMILES string of the molecule is CC(=O)CCC[C@@H](C)N(c1cc(Cl)ccc1Cl)S(=O)(=O)c1ccc(Cl)cc1. The van der Waals surface area contributed by atoms with E-state index in [1.54, 1.807) is 19.1 Å². The van der Waals surface area contributed by atoms with Crippen molar-refractivity contribution in [2.75, 3.05) is 4.31 Å². The molecule has 0 bridgehead atoms. The van der Waals surface area contributed by atoms with Crippen molar-refractivity contribution >= 4 is 56.3 Å². The highest BCUT2D eigenvalue weighted by Gasteiger charge is 2.31. The molecule has 0 saturated heterocycles. The zero-order valence-electron chi connectivity index (χ0n) is 15.0. The van der Waals surface area contributed by atoms with E-state index in [9.17, 15) is 13.2 Å². The van der Waals surface area contributed by atoms with Crippen molar-refractivity contribution in [3.05, 3.63) is 57.5 Å². The van der Waals surface area contributed by atoms with Gasteiger partial charge in [-0.25, -0.2) is 8.42 Å². The quantitative estimate of drug-likeness (QED) is 0.498. The van der Waals surface area contributed by atoms with Gasteiger partial charge in [0.05, 0.1) is 15.6 Å². The van der Waals surface area contributed by atoms with Crippen molar-refractivity contribution in [1.29, 1.82) is 0 Å². The van der Waals surface area contributed by atoms with Gasteiger partial charge in [-0.05, 0) is 69.2 Å². The van der Waals surface area contributed by atoms with Crippen LogP contribution in [0.3, 0.4) is 0 Å². The Hall–Kier alpha value is -1.27. The Morgan fingerprint density at radius 3 is 2.22 bits per heavy atom. The third-order valence-electron chi connectivity index (χ3n) is 4.07. The van der Waals surface area contributed by atoms with Gasteiger partial charge >= 0.3 is 0 Å². The lowest BCUT2D eigenvalue weighted by atomic mass is 10.1.